The Morgan fingerprint density at radius 1 is 1.24 bits per heavy atom. The fourth-order valence-electron chi connectivity index (χ4n) is 1.75. The van der Waals surface area contributed by atoms with Crippen LogP contribution < -0.4 is 5.73 Å². The number of pyridine rings is 1. The standard InChI is InChI=1S/C14H15FN2/c1-2-10-5-7-11(8-6-10)13(16)14-12(15)4-3-9-17-14/h3-9,13H,2,16H2,1H3. The third kappa shape index (κ3) is 2.50. The Kier molecular flexibility index (Phi) is 3.49. The molecule has 0 aliphatic heterocycles. The van der Waals surface area contributed by atoms with Crippen LogP contribution in [-0.4, -0.2) is 4.98 Å². The van der Waals surface area contributed by atoms with Crippen LogP contribution in [0, 0.1) is 5.82 Å². The summed E-state index contributed by atoms with van der Waals surface area (Å²) in [6, 6.07) is 10.3. The van der Waals surface area contributed by atoms with E-state index in [2.05, 4.69) is 11.9 Å². The molecule has 1 heterocycles. The number of halogens is 1. The van der Waals surface area contributed by atoms with Crippen molar-refractivity contribution in [1.29, 1.82) is 0 Å². The molecule has 2 N–H and O–H groups in total. The van der Waals surface area contributed by atoms with Crippen molar-refractivity contribution in [3.05, 3.63) is 65.2 Å². The minimum atomic E-state index is -0.512. The molecule has 3 heteroatoms. The molecule has 0 aliphatic rings. The number of aromatic nitrogens is 1. The first-order valence-electron chi connectivity index (χ1n) is 5.67. The minimum absolute atomic E-state index is 0.289. The van der Waals surface area contributed by atoms with E-state index in [1.165, 1.54) is 11.6 Å². The molecule has 0 aliphatic carbocycles. The van der Waals surface area contributed by atoms with E-state index in [0.29, 0.717) is 0 Å². The first kappa shape index (κ1) is 11.7. The molecule has 0 bridgehead atoms. The predicted molar refractivity (Wildman–Crippen MR) is 66.0 cm³/mol. The fourth-order valence-corrected chi connectivity index (χ4v) is 1.75. The Morgan fingerprint density at radius 2 is 1.94 bits per heavy atom. The SMILES string of the molecule is CCc1ccc(C(N)c2ncccc2F)cc1. The average Bonchev–Trinajstić information content (AvgIpc) is 2.39. The van der Waals surface area contributed by atoms with Gasteiger partial charge >= 0.3 is 0 Å². The molecule has 2 rings (SSSR count). The molecule has 1 atom stereocenters. The van der Waals surface area contributed by atoms with E-state index in [-0.39, 0.29) is 11.5 Å². The highest BCUT2D eigenvalue weighted by molar-refractivity contribution is 5.30. The summed E-state index contributed by atoms with van der Waals surface area (Å²) < 4.78 is 13.5. The second-order valence-corrected chi connectivity index (χ2v) is 3.94. The maximum absolute atomic E-state index is 13.5. The van der Waals surface area contributed by atoms with Gasteiger partial charge in [0.2, 0.25) is 0 Å². The Balaban J connectivity index is 2.30. The van der Waals surface area contributed by atoms with Crippen LogP contribution in [0.1, 0.15) is 29.8 Å². The minimum Gasteiger partial charge on any atom is -0.319 e. The van der Waals surface area contributed by atoms with Crippen molar-refractivity contribution in [2.45, 2.75) is 19.4 Å². The van der Waals surface area contributed by atoms with E-state index >= 15 is 0 Å². The Labute approximate surface area is 100 Å². The van der Waals surface area contributed by atoms with Crippen molar-refractivity contribution in [3.63, 3.8) is 0 Å². The van der Waals surface area contributed by atoms with Gasteiger partial charge in [-0.05, 0) is 29.7 Å². The van der Waals surface area contributed by atoms with E-state index in [9.17, 15) is 4.39 Å². The molecule has 1 unspecified atom stereocenters. The lowest BCUT2D eigenvalue weighted by atomic mass is 10.0. The van der Waals surface area contributed by atoms with Gasteiger partial charge < -0.3 is 5.73 Å². The maximum Gasteiger partial charge on any atom is 0.146 e. The molecule has 1 aromatic carbocycles. The predicted octanol–water partition coefficient (Wildman–Crippen LogP) is 2.83. The largest absolute Gasteiger partial charge is 0.319 e. The van der Waals surface area contributed by atoms with E-state index in [0.717, 1.165) is 12.0 Å². The molecule has 2 nitrogen and oxygen atoms in total. The summed E-state index contributed by atoms with van der Waals surface area (Å²) >= 11 is 0. The highest BCUT2D eigenvalue weighted by Crippen LogP contribution is 2.20. The second-order valence-electron chi connectivity index (χ2n) is 3.94. The second kappa shape index (κ2) is 5.06. The summed E-state index contributed by atoms with van der Waals surface area (Å²) in [5, 5.41) is 0. The van der Waals surface area contributed by atoms with Crippen molar-refractivity contribution in [1.82, 2.24) is 4.98 Å². The van der Waals surface area contributed by atoms with Gasteiger partial charge in [-0.25, -0.2) is 4.39 Å². The van der Waals surface area contributed by atoms with Crippen LogP contribution in [0.4, 0.5) is 4.39 Å². The molecule has 17 heavy (non-hydrogen) atoms. The summed E-state index contributed by atoms with van der Waals surface area (Å²) in [6.07, 6.45) is 2.53. The van der Waals surface area contributed by atoms with Crippen LogP contribution in [0.15, 0.2) is 42.6 Å². The molecule has 0 radical (unpaired) electrons. The lowest BCUT2D eigenvalue weighted by Crippen LogP contribution is -2.15. The fraction of sp³-hybridized carbons (Fsp3) is 0.214. The van der Waals surface area contributed by atoms with Gasteiger partial charge in [0.1, 0.15) is 5.82 Å². The van der Waals surface area contributed by atoms with Gasteiger partial charge in [-0.15, -0.1) is 0 Å². The Morgan fingerprint density at radius 3 is 2.53 bits per heavy atom. The van der Waals surface area contributed by atoms with E-state index in [4.69, 9.17) is 5.73 Å². The van der Waals surface area contributed by atoms with E-state index in [1.54, 1.807) is 12.3 Å². The monoisotopic (exact) mass is 230 g/mol. The summed E-state index contributed by atoms with van der Waals surface area (Å²) in [5.41, 5.74) is 8.41. The zero-order valence-electron chi connectivity index (χ0n) is 9.73. The van der Waals surface area contributed by atoms with Gasteiger partial charge in [0.05, 0.1) is 11.7 Å². The zero-order valence-corrected chi connectivity index (χ0v) is 9.73. The Bertz CT molecular complexity index is 494. The molecule has 0 amide bonds. The highest BCUT2D eigenvalue weighted by atomic mass is 19.1. The summed E-state index contributed by atoms with van der Waals surface area (Å²) in [6.45, 7) is 2.09. The molecular formula is C14H15FN2. The van der Waals surface area contributed by atoms with E-state index < -0.39 is 6.04 Å². The van der Waals surface area contributed by atoms with Gasteiger partial charge in [-0.3, -0.25) is 4.98 Å². The number of hydrogen-bond acceptors (Lipinski definition) is 2. The summed E-state index contributed by atoms with van der Waals surface area (Å²) in [7, 11) is 0. The maximum atomic E-state index is 13.5. The lowest BCUT2D eigenvalue weighted by molar-refractivity contribution is 0.586. The molecular weight excluding hydrogens is 215 g/mol. The van der Waals surface area contributed by atoms with Crippen LogP contribution in [-0.2, 0) is 6.42 Å². The van der Waals surface area contributed by atoms with Crippen molar-refractivity contribution in [3.8, 4) is 0 Å². The van der Waals surface area contributed by atoms with Crippen LogP contribution in [0.5, 0.6) is 0 Å². The number of aryl methyl sites for hydroxylation is 1. The normalized spacial score (nSPS) is 12.4. The smallest absolute Gasteiger partial charge is 0.146 e. The van der Waals surface area contributed by atoms with E-state index in [1.807, 2.05) is 24.3 Å². The number of hydrogen-bond donors (Lipinski definition) is 1. The van der Waals surface area contributed by atoms with Crippen molar-refractivity contribution in [2.75, 3.05) is 0 Å². The van der Waals surface area contributed by atoms with Gasteiger partial charge in [0, 0.05) is 6.20 Å². The summed E-state index contributed by atoms with van der Waals surface area (Å²) in [4.78, 5) is 4.00. The number of nitrogens with two attached hydrogens (primary N) is 1. The number of benzene rings is 1. The third-order valence-electron chi connectivity index (χ3n) is 2.83. The van der Waals surface area contributed by atoms with Crippen molar-refractivity contribution < 1.29 is 4.39 Å². The molecule has 0 spiro atoms. The Hall–Kier alpha value is -1.74. The quantitative estimate of drug-likeness (QED) is 0.880. The average molecular weight is 230 g/mol. The van der Waals surface area contributed by atoms with Crippen molar-refractivity contribution in [2.24, 2.45) is 5.73 Å². The zero-order chi connectivity index (χ0) is 12.3. The van der Waals surface area contributed by atoms with Gasteiger partial charge in [-0.2, -0.15) is 0 Å². The molecule has 0 saturated heterocycles. The van der Waals surface area contributed by atoms with Crippen LogP contribution in [0.25, 0.3) is 0 Å². The number of rotatable bonds is 3. The molecule has 2 aromatic rings. The van der Waals surface area contributed by atoms with Gasteiger partial charge in [0.25, 0.3) is 0 Å². The first-order valence-corrected chi connectivity index (χ1v) is 5.67. The van der Waals surface area contributed by atoms with Crippen molar-refractivity contribution >= 4 is 0 Å². The van der Waals surface area contributed by atoms with Gasteiger partial charge in [0.15, 0.2) is 0 Å². The molecule has 1 aromatic heterocycles. The summed E-state index contributed by atoms with van der Waals surface area (Å²) in [5.74, 6) is -0.362. The van der Waals surface area contributed by atoms with Crippen LogP contribution >= 0.6 is 0 Å². The first-order chi connectivity index (χ1) is 8.22. The van der Waals surface area contributed by atoms with Crippen LogP contribution in [0.2, 0.25) is 0 Å². The topological polar surface area (TPSA) is 38.9 Å². The molecule has 0 saturated carbocycles. The highest BCUT2D eigenvalue weighted by Gasteiger charge is 2.14. The third-order valence-corrected chi connectivity index (χ3v) is 2.83. The molecule has 0 fully saturated rings. The lowest BCUT2D eigenvalue weighted by Gasteiger charge is -2.12. The molecule has 88 valence electrons. The van der Waals surface area contributed by atoms with Crippen LogP contribution in [0.3, 0.4) is 0 Å². The number of nitrogens with zero attached hydrogens (tertiary/aromatic N) is 1. The van der Waals surface area contributed by atoms with Gasteiger partial charge in [-0.1, -0.05) is 31.2 Å².